The Bertz CT molecular complexity index is 794. The van der Waals surface area contributed by atoms with Gasteiger partial charge in [-0.2, -0.15) is 0 Å². The number of hydrogen-bond acceptors (Lipinski definition) is 4. The van der Waals surface area contributed by atoms with Crippen molar-refractivity contribution in [3.63, 3.8) is 0 Å². The van der Waals surface area contributed by atoms with E-state index in [2.05, 4.69) is 10.6 Å². The number of carbonyl (C=O) groups excluding carboxylic acids is 2. The molecule has 0 unspecified atom stereocenters. The first-order chi connectivity index (χ1) is 12.5. The minimum absolute atomic E-state index is 0.126. The number of ether oxygens (including phenoxy) is 1. The third-order valence-electron chi connectivity index (χ3n) is 3.42. The SMILES string of the molecule is CCCCOC(=O)c1cccc(NC(=S)NC(=O)c2ccc(Cl)cc2)c1. The van der Waals surface area contributed by atoms with Crippen molar-refractivity contribution in [1.82, 2.24) is 5.32 Å². The Kier molecular flexibility index (Phi) is 7.56. The Morgan fingerprint density at radius 1 is 1.12 bits per heavy atom. The van der Waals surface area contributed by atoms with E-state index in [1.165, 1.54) is 0 Å². The Morgan fingerprint density at radius 3 is 2.54 bits per heavy atom. The van der Waals surface area contributed by atoms with Crippen LogP contribution in [-0.2, 0) is 4.74 Å². The minimum atomic E-state index is -0.391. The van der Waals surface area contributed by atoms with Gasteiger partial charge < -0.3 is 10.1 Å². The molecule has 0 aliphatic heterocycles. The number of rotatable bonds is 6. The predicted molar refractivity (Wildman–Crippen MR) is 107 cm³/mol. The summed E-state index contributed by atoms with van der Waals surface area (Å²) in [6, 6.07) is 13.2. The van der Waals surface area contributed by atoms with Crippen LogP contribution >= 0.6 is 23.8 Å². The summed E-state index contributed by atoms with van der Waals surface area (Å²) in [7, 11) is 0. The van der Waals surface area contributed by atoms with Gasteiger partial charge in [-0.1, -0.05) is 31.0 Å². The normalized spacial score (nSPS) is 10.1. The third kappa shape index (κ3) is 6.13. The number of nitrogens with one attached hydrogen (secondary N) is 2. The van der Waals surface area contributed by atoms with Crippen LogP contribution in [0.1, 0.15) is 40.5 Å². The smallest absolute Gasteiger partial charge is 0.338 e. The maximum Gasteiger partial charge on any atom is 0.338 e. The third-order valence-corrected chi connectivity index (χ3v) is 3.88. The molecule has 2 aromatic carbocycles. The van der Waals surface area contributed by atoms with Crippen LogP contribution in [-0.4, -0.2) is 23.6 Å². The number of thiocarbonyl (C=S) groups is 1. The molecule has 0 saturated heterocycles. The second kappa shape index (κ2) is 9.89. The van der Waals surface area contributed by atoms with E-state index in [-0.39, 0.29) is 11.0 Å². The van der Waals surface area contributed by atoms with E-state index in [0.29, 0.717) is 28.4 Å². The average Bonchev–Trinajstić information content (AvgIpc) is 2.62. The second-order valence-corrected chi connectivity index (χ2v) is 6.33. The largest absolute Gasteiger partial charge is 0.462 e. The molecule has 2 N–H and O–H groups in total. The number of anilines is 1. The molecule has 0 atom stereocenters. The van der Waals surface area contributed by atoms with Gasteiger partial charge in [-0.15, -0.1) is 0 Å². The highest BCUT2D eigenvalue weighted by Crippen LogP contribution is 2.13. The van der Waals surface area contributed by atoms with Crippen molar-refractivity contribution in [3.8, 4) is 0 Å². The van der Waals surface area contributed by atoms with Crippen LogP contribution < -0.4 is 10.6 Å². The number of halogens is 1. The molecule has 0 radical (unpaired) electrons. The van der Waals surface area contributed by atoms with Gasteiger partial charge in [-0.05, 0) is 61.1 Å². The fraction of sp³-hybridized carbons (Fsp3) is 0.211. The molecular weight excluding hydrogens is 372 g/mol. The molecule has 0 aliphatic carbocycles. The van der Waals surface area contributed by atoms with Gasteiger partial charge in [0.25, 0.3) is 5.91 Å². The predicted octanol–water partition coefficient (Wildman–Crippen LogP) is 4.42. The highest BCUT2D eigenvalue weighted by molar-refractivity contribution is 7.80. The lowest BCUT2D eigenvalue weighted by Gasteiger charge is -2.11. The lowest BCUT2D eigenvalue weighted by Crippen LogP contribution is -2.34. The first kappa shape index (κ1) is 19.9. The lowest BCUT2D eigenvalue weighted by molar-refractivity contribution is 0.0499. The summed E-state index contributed by atoms with van der Waals surface area (Å²) in [5.41, 5.74) is 1.43. The molecule has 7 heteroatoms. The van der Waals surface area contributed by atoms with Crippen LogP contribution in [0.5, 0.6) is 0 Å². The molecule has 1 amide bonds. The van der Waals surface area contributed by atoms with Gasteiger partial charge in [-0.3, -0.25) is 10.1 Å². The van der Waals surface area contributed by atoms with Crippen LogP contribution in [0.25, 0.3) is 0 Å². The molecule has 0 spiro atoms. The Labute approximate surface area is 162 Å². The van der Waals surface area contributed by atoms with Crippen molar-refractivity contribution in [3.05, 3.63) is 64.7 Å². The van der Waals surface area contributed by atoms with Crippen molar-refractivity contribution >= 4 is 46.5 Å². The standard InChI is InChI=1S/C19H19ClN2O3S/c1-2-3-11-25-18(24)14-5-4-6-16(12-14)21-19(26)22-17(23)13-7-9-15(20)10-8-13/h4-10,12H,2-3,11H2,1H3,(H2,21,22,23,26). The number of benzene rings is 2. The molecule has 0 heterocycles. The minimum Gasteiger partial charge on any atom is -0.462 e. The number of esters is 1. The summed E-state index contributed by atoms with van der Waals surface area (Å²) in [4.78, 5) is 24.1. The first-order valence-electron chi connectivity index (χ1n) is 8.14. The van der Waals surface area contributed by atoms with E-state index in [0.717, 1.165) is 12.8 Å². The van der Waals surface area contributed by atoms with Crippen molar-refractivity contribution in [2.24, 2.45) is 0 Å². The van der Waals surface area contributed by atoms with E-state index in [4.69, 9.17) is 28.6 Å². The van der Waals surface area contributed by atoms with Crippen LogP contribution in [0, 0.1) is 0 Å². The molecule has 26 heavy (non-hydrogen) atoms. The van der Waals surface area contributed by atoms with Crippen molar-refractivity contribution < 1.29 is 14.3 Å². The maximum absolute atomic E-state index is 12.1. The number of amides is 1. The summed E-state index contributed by atoms with van der Waals surface area (Å²) >= 11 is 10.9. The molecule has 0 aliphatic rings. The zero-order valence-electron chi connectivity index (χ0n) is 14.3. The summed E-state index contributed by atoms with van der Waals surface area (Å²) in [6.07, 6.45) is 1.78. The van der Waals surface area contributed by atoms with Gasteiger partial charge in [-0.25, -0.2) is 4.79 Å². The van der Waals surface area contributed by atoms with Crippen LogP contribution in [0.3, 0.4) is 0 Å². The van der Waals surface area contributed by atoms with Crippen molar-refractivity contribution in [1.29, 1.82) is 0 Å². The summed E-state index contributed by atoms with van der Waals surface area (Å²) in [5.74, 6) is -0.743. The molecule has 136 valence electrons. The van der Waals surface area contributed by atoms with E-state index in [9.17, 15) is 9.59 Å². The molecule has 0 bridgehead atoms. The van der Waals surface area contributed by atoms with E-state index in [1.807, 2.05) is 6.92 Å². The van der Waals surface area contributed by atoms with Gasteiger partial charge in [0, 0.05) is 16.3 Å². The van der Waals surface area contributed by atoms with Crippen LogP contribution in [0.4, 0.5) is 5.69 Å². The van der Waals surface area contributed by atoms with Crippen molar-refractivity contribution in [2.45, 2.75) is 19.8 Å². The van der Waals surface area contributed by atoms with Gasteiger partial charge in [0.2, 0.25) is 0 Å². The number of hydrogen-bond donors (Lipinski definition) is 2. The van der Waals surface area contributed by atoms with Gasteiger partial charge in [0.15, 0.2) is 5.11 Å². The molecule has 0 fully saturated rings. The van der Waals surface area contributed by atoms with Crippen LogP contribution in [0.2, 0.25) is 5.02 Å². The molecular formula is C19H19ClN2O3S. The molecule has 2 rings (SSSR count). The summed E-state index contributed by atoms with van der Waals surface area (Å²) in [6.45, 7) is 2.42. The first-order valence-corrected chi connectivity index (χ1v) is 8.93. The van der Waals surface area contributed by atoms with Gasteiger partial charge >= 0.3 is 5.97 Å². The Morgan fingerprint density at radius 2 is 1.85 bits per heavy atom. The number of unbranched alkanes of at least 4 members (excludes halogenated alkanes) is 1. The molecule has 2 aromatic rings. The zero-order valence-corrected chi connectivity index (χ0v) is 15.8. The topological polar surface area (TPSA) is 67.4 Å². The maximum atomic E-state index is 12.1. The lowest BCUT2D eigenvalue weighted by atomic mass is 10.2. The number of carbonyl (C=O) groups is 2. The Balaban J connectivity index is 1.94. The fourth-order valence-electron chi connectivity index (χ4n) is 2.06. The molecule has 0 aromatic heterocycles. The molecule has 0 saturated carbocycles. The second-order valence-electron chi connectivity index (χ2n) is 5.49. The van der Waals surface area contributed by atoms with Gasteiger partial charge in [0.1, 0.15) is 0 Å². The molecule has 5 nitrogen and oxygen atoms in total. The fourth-order valence-corrected chi connectivity index (χ4v) is 2.39. The van der Waals surface area contributed by atoms with E-state index in [1.54, 1.807) is 48.5 Å². The van der Waals surface area contributed by atoms with Crippen LogP contribution in [0.15, 0.2) is 48.5 Å². The van der Waals surface area contributed by atoms with E-state index < -0.39 is 5.97 Å². The highest BCUT2D eigenvalue weighted by atomic mass is 35.5. The monoisotopic (exact) mass is 390 g/mol. The summed E-state index contributed by atoms with van der Waals surface area (Å²) < 4.78 is 5.18. The van der Waals surface area contributed by atoms with Crippen molar-refractivity contribution in [2.75, 3.05) is 11.9 Å². The Hall–Kier alpha value is -2.44. The summed E-state index contributed by atoms with van der Waals surface area (Å²) in [5, 5.41) is 6.13. The average molecular weight is 391 g/mol. The highest BCUT2D eigenvalue weighted by Gasteiger charge is 2.10. The zero-order chi connectivity index (χ0) is 18.9. The quantitative estimate of drug-likeness (QED) is 0.434. The van der Waals surface area contributed by atoms with E-state index >= 15 is 0 Å². The van der Waals surface area contributed by atoms with Gasteiger partial charge in [0.05, 0.1) is 12.2 Å².